The van der Waals surface area contributed by atoms with Crippen molar-refractivity contribution in [1.82, 2.24) is 0 Å². The van der Waals surface area contributed by atoms with Crippen molar-refractivity contribution >= 4 is 56.7 Å². The Labute approximate surface area is 182 Å². The minimum absolute atomic E-state index is 0.0615. The van der Waals surface area contributed by atoms with Gasteiger partial charge < -0.3 is 15.0 Å². The topological polar surface area (TPSA) is 75.7 Å². The highest BCUT2D eigenvalue weighted by Gasteiger charge is 2.36. The standard InChI is InChI=1S/C21H20BrClN2O4/c1-12-5-13(2)7-16(6-12)25-10-14(8-20(25)27)21(28)29-11-19(26)24-18-4-3-15(22)9-17(18)23/h3-7,9,14H,8,10-11H2,1-2H3,(H,24,26)/t14-/m0/s1. The molecule has 2 aromatic rings. The fourth-order valence-corrected chi connectivity index (χ4v) is 3.97. The van der Waals surface area contributed by atoms with Gasteiger partial charge >= 0.3 is 5.97 Å². The molecule has 2 amide bonds. The number of benzene rings is 2. The van der Waals surface area contributed by atoms with E-state index in [2.05, 4.69) is 21.2 Å². The van der Waals surface area contributed by atoms with E-state index in [9.17, 15) is 14.4 Å². The van der Waals surface area contributed by atoms with Crippen LogP contribution in [0.5, 0.6) is 0 Å². The Morgan fingerprint density at radius 1 is 1.21 bits per heavy atom. The predicted molar refractivity (Wildman–Crippen MR) is 115 cm³/mol. The van der Waals surface area contributed by atoms with E-state index in [0.29, 0.717) is 10.7 Å². The van der Waals surface area contributed by atoms with Gasteiger partial charge in [-0.3, -0.25) is 14.4 Å². The molecule has 1 saturated heterocycles. The number of ether oxygens (including phenoxy) is 1. The number of nitrogens with zero attached hydrogens (tertiary/aromatic N) is 1. The van der Waals surface area contributed by atoms with Crippen molar-refractivity contribution in [3.05, 3.63) is 57.0 Å². The molecule has 0 unspecified atom stereocenters. The molecule has 29 heavy (non-hydrogen) atoms. The molecule has 1 N–H and O–H groups in total. The molecule has 1 heterocycles. The van der Waals surface area contributed by atoms with E-state index in [1.165, 1.54) is 0 Å². The maximum absolute atomic E-state index is 12.4. The van der Waals surface area contributed by atoms with Crippen molar-refractivity contribution < 1.29 is 19.1 Å². The molecule has 8 heteroatoms. The Kier molecular flexibility index (Phi) is 6.59. The van der Waals surface area contributed by atoms with Gasteiger partial charge in [0, 0.05) is 23.1 Å². The predicted octanol–water partition coefficient (Wildman–Crippen LogP) is 4.25. The molecule has 1 fully saturated rings. The van der Waals surface area contributed by atoms with Gasteiger partial charge in [-0.05, 0) is 55.3 Å². The fraction of sp³-hybridized carbons (Fsp3) is 0.286. The van der Waals surface area contributed by atoms with Crippen LogP contribution >= 0.6 is 27.5 Å². The fourth-order valence-electron chi connectivity index (χ4n) is 3.25. The van der Waals surface area contributed by atoms with Crippen LogP contribution < -0.4 is 10.2 Å². The van der Waals surface area contributed by atoms with Gasteiger partial charge in [-0.1, -0.05) is 33.6 Å². The number of anilines is 2. The number of carbonyl (C=O) groups excluding carboxylic acids is 3. The van der Waals surface area contributed by atoms with E-state index >= 15 is 0 Å². The summed E-state index contributed by atoms with van der Waals surface area (Å²) >= 11 is 9.34. The third-order valence-corrected chi connectivity index (χ3v) is 5.33. The highest BCUT2D eigenvalue weighted by atomic mass is 79.9. The van der Waals surface area contributed by atoms with Crippen LogP contribution in [0, 0.1) is 19.8 Å². The second-order valence-electron chi connectivity index (χ2n) is 7.03. The highest BCUT2D eigenvalue weighted by Crippen LogP contribution is 2.28. The van der Waals surface area contributed by atoms with Crippen LogP contribution in [0.3, 0.4) is 0 Å². The van der Waals surface area contributed by atoms with Gasteiger partial charge in [0.1, 0.15) is 0 Å². The van der Waals surface area contributed by atoms with Gasteiger partial charge in [-0.2, -0.15) is 0 Å². The van der Waals surface area contributed by atoms with E-state index in [1.807, 2.05) is 32.0 Å². The van der Waals surface area contributed by atoms with Crippen LogP contribution in [-0.4, -0.2) is 30.9 Å². The molecule has 1 aliphatic heterocycles. The second-order valence-corrected chi connectivity index (χ2v) is 8.35. The summed E-state index contributed by atoms with van der Waals surface area (Å²) in [6, 6.07) is 10.9. The number of hydrogen-bond acceptors (Lipinski definition) is 4. The average molecular weight is 480 g/mol. The SMILES string of the molecule is Cc1cc(C)cc(N2C[C@@H](C(=O)OCC(=O)Nc3ccc(Br)cc3Cl)CC2=O)c1. The summed E-state index contributed by atoms with van der Waals surface area (Å²) in [5.74, 6) is -1.81. The summed E-state index contributed by atoms with van der Waals surface area (Å²) in [7, 11) is 0. The molecule has 2 aromatic carbocycles. The van der Waals surface area contributed by atoms with Crippen LogP contribution in [0.4, 0.5) is 11.4 Å². The van der Waals surface area contributed by atoms with Gasteiger partial charge in [-0.25, -0.2) is 0 Å². The minimum Gasteiger partial charge on any atom is -0.455 e. The summed E-state index contributed by atoms with van der Waals surface area (Å²) in [5, 5.41) is 2.96. The smallest absolute Gasteiger partial charge is 0.311 e. The number of carbonyl (C=O) groups is 3. The van der Waals surface area contributed by atoms with Crippen molar-refractivity contribution in [3.8, 4) is 0 Å². The van der Waals surface area contributed by atoms with Crippen molar-refractivity contribution in [3.63, 3.8) is 0 Å². The van der Waals surface area contributed by atoms with Crippen LogP contribution in [0.1, 0.15) is 17.5 Å². The zero-order valence-corrected chi connectivity index (χ0v) is 18.3. The Bertz CT molecular complexity index is 959. The number of hydrogen-bond donors (Lipinski definition) is 1. The van der Waals surface area contributed by atoms with Gasteiger partial charge in [0.15, 0.2) is 6.61 Å². The zero-order chi connectivity index (χ0) is 21.1. The van der Waals surface area contributed by atoms with Gasteiger partial charge in [0.25, 0.3) is 5.91 Å². The summed E-state index contributed by atoms with van der Waals surface area (Å²) in [4.78, 5) is 38.4. The maximum Gasteiger partial charge on any atom is 0.311 e. The van der Waals surface area contributed by atoms with Crippen molar-refractivity contribution in [2.75, 3.05) is 23.4 Å². The van der Waals surface area contributed by atoms with Crippen LogP contribution in [0.2, 0.25) is 5.02 Å². The number of esters is 1. The first-order valence-corrected chi connectivity index (χ1v) is 10.2. The molecular formula is C21H20BrClN2O4. The van der Waals surface area contributed by atoms with Crippen molar-refractivity contribution in [2.45, 2.75) is 20.3 Å². The van der Waals surface area contributed by atoms with E-state index < -0.39 is 24.4 Å². The summed E-state index contributed by atoms with van der Waals surface area (Å²) < 4.78 is 5.90. The van der Waals surface area contributed by atoms with E-state index in [-0.39, 0.29) is 18.9 Å². The molecule has 1 aliphatic rings. The number of rotatable bonds is 5. The second kappa shape index (κ2) is 8.97. The third kappa shape index (κ3) is 5.36. The lowest BCUT2D eigenvalue weighted by molar-refractivity contribution is -0.151. The summed E-state index contributed by atoms with van der Waals surface area (Å²) in [6.07, 6.45) is 0.0615. The Hall–Kier alpha value is -2.38. The maximum atomic E-state index is 12.4. The summed E-state index contributed by atoms with van der Waals surface area (Å²) in [5.41, 5.74) is 3.28. The number of amides is 2. The van der Waals surface area contributed by atoms with E-state index in [4.69, 9.17) is 16.3 Å². The van der Waals surface area contributed by atoms with Crippen LogP contribution in [0.15, 0.2) is 40.9 Å². The number of halogens is 2. The Morgan fingerprint density at radius 3 is 2.55 bits per heavy atom. The Balaban J connectivity index is 1.56. The minimum atomic E-state index is -0.604. The van der Waals surface area contributed by atoms with Gasteiger partial charge in [0.2, 0.25) is 5.91 Å². The normalized spacial score (nSPS) is 16.1. The first-order valence-electron chi connectivity index (χ1n) is 9.03. The van der Waals surface area contributed by atoms with Crippen molar-refractivity contribution in [2.24, 2.45) is 5.92 Å². The molecule has 3 rings (SSSR count). The average Bonchev–Trinajstić information content (AvgIpc) is 3.03. The zero-order valence-electron chi connectivity index (χ0n) is 16.0. The lowest BCUT2D eigenvalue weighted by Gasteiger charge is -2.18. The lowest BCUT2D eigenvalue weighted by atomic mass is 10.1. The van der Waals surface area contributed by atoms with Crippen LogP contribution in [0.25, 0.3) is 0 Å². The largest absolute Gasteiger partial charge is 0.455 e. The molecule has 0 aliphatic carbocycles. The molecule has 6 nitrogen and oxygen atoms in total. The highest BCUT2D eigenvalue weighted by molar-refractivity contribution is 9.10. The Morgan fingerprint density at radius 2 is 1.90 bits per heavy atom. The van der Waals surface area contributed by atoms with Gasteiger partial charge in [0.05, 0.1) is 16.6 Å². The number of aryl methyl sites for hydroxylation is 2. The molecule has 0 aromatic heterocycles. The first-order chi connectivity index (χ1) is 13.7. The lowest BCUT2D eigenvalue weighted by Crippen LogP contribution is -2.28. The number of nitrogens with one attached hydrogen (secondary N) is 1. The molecule has 152 valence electrons. The third-order valence-electron chi connectivity index (χ3n) is 4.53. The molecule has 0 bridgehead atoms. The van der Waals surface area contributed by atoms with E-state index in [0.717, 1.165) is 21.3 Å². The molecule has 0 spiro atoms. The van der Waals surface area contributed by atoms with Crippen molar-refractivity contribution in [1.29, 1.82) is 0 Å². The molecule has 0 saturated carbocycles. The van der Waals surface area contributed by atoms with E-state index in [1.54, 1.807) is 23.1 Å². The monoisotopic (exact) mass is 478 g/mol. The van der Waals surface area contributed by atoms with Gasteiger partial charge in [-0.15, -0.1) is 0 Å². The van der Waals surface area contributed by atoms with Crippen LogP contribution in [-0.2, 0) is 19.1 Å². The quantitative estimate of drug-likeness (QED) is 0.651. The molecular weight excluding hydrogens is 460 g/mol. The molecule has 0 radical (unpaired) electrons. The summed E-state index contributed by atoms with van der Waals surface area (Å²) in [6.45, 7) is 3.71. The first kappa shape index (κ1) is 21.3. The molecule has 1 atom stereocenters.